The largest absolute Gasteiger partial charge is 0.356 e. The lowest BCUT2D eigenvalue weighted by Crippen LogP contribution is -2.39. The van der Waals surface area contributed by atoms with Crippen LogP contribution < -0.4 is 10.6 Å². The second kappa shape index (κ2) is 10.7. The van der Waals surface area contributed by atoms with Gasteiger partial charge in [-0.2, -0.15) is 0 Å². The van der Waals surface area contributed by atoms with Crippen LogP contribution in [0.25, 0.3) is 10.9 Å². The number of pyridine rings is 2. The Morgan fingerprint density at radius 1 is 0.885 bits per heavy atom. The summed E-state index contributed by atoms with van der Waals surface area (Å²) in [5.41, 5.74) is 3.40. The molecule has 2 N–H and O–H groups in total. The van der Waals surface area contributed by atoms with Crippen LogP contribution in [0.15, 0.2) is 65.9 Å². The topological polar surface area (TPSA) is 62.2 Å². The number of nitrogens with one attached hydrogen (secondary N) is 2. The third-order valence-electron chi connectivity index (χ3n) is 4.03. The number of rotatable bonds is 6. The Morgan fingerprint density at radius 2 is 1.65 bits per heavy atom. The summed E-state index contributed by atoms with van der Waals surface area (Å²) in [5, 5.41) is 7.86. The van der Waals surface area contributed by atoms with Crippen LogP contribution in [-0.4, -0.2) is 36.1 Å². The number of guanidine groups is 1. The van der Waals surface area contributed by atoms with Crippen molar-refractivity contribution in [2.75, 3.05) is 20.1 Å². The highest BCUT2D eigenvalue weighted by atomic mass is 127. The van der Waals surface area contributed by atoms with Crippen LogP contribution in [0.5, 0.6) is 0 Å². The van der Waals surface area contributed by atoms with Crippen molar-refractivity contribution in [3.63, 3.8) is 0 Å². The Kier molecular flexibility index (Phi) is 8.27. The molecule has 0 aliphatic heterocycles. The molecule has 5 nitrogen and oxygen atoms in total. The average molecular weight is 461 g/mol. The van der Waals surface area contributed by atoms with Gasteiger partial charge < -0.3 is 10.6 Å². The number of benzene rings is 1. The molecule has 2 heterocycles. The standard InChI is InChI=1S/C20H23N5.HI/c1-21-20(25-15-11-18-9-2-3-12-22-18)24-14-10-17-7-4-6-16-8-5-13-23-19(16)17;/h2-9,12-13H,10-11,14-15H2,1H3,(H2,21,24,25);1H. The molecule has 0 bridgehead atoms. The van der Waals surface area contributed by atoms with Crippen LogP contribution in [0.1, 0.15) is 11.3 Å². The molecule has 1 aromatic carbocycles. The normalized spacial score (nSPS) is 11.0. The molecule has 2 aromatic heterocycles. The Bertz CT molecular complexity index is 830. The lowest BCUT2D eigenvalue weighted by Gasteiger charge is -2.12. The Balaban J connectivity index is 0.00000243. The summed E-state index contributed by atoms with van der Waals surface area (Å²) in [6.45, 7) is 1.60. The number of hydrogen-bond donors (Lipinski definition) is 2. The number of aromatic nitrogens is 2. The van der Waals surface area contributed by atoms with E-state index < -0.39 is 0 Å². The van der Waals surface area contributed by atoms with E-state index in [4.69, 9.17) is 0 Å². The van der Waals surface area contributed by atoms with Crippen molar-refractivity contribution in [1.29, 1.82) is 0 Å². The van der Waals surface area contributed by atoms with Crippen LogP contribution in [0, 0.1) is 0 Å². The van der Waals surface area contributed by atoms with Gasteiger partial charge in [-0.15, -0.1) is 24.0 Å². The third kappa shape index (κ3) is 5.66. The van der Waals surface area contributed by atoms with Gasteiger partial charge in [0, 0.05) is 50.0 Å². The fraction of sp³-hybridized carbons (Fsp3) is 0.250. The number of fused-ring (bicyclic) bond motifs is 1. The van der Waals surface area contributed by atoms with E-state index in [0.717, 1.165) is 43.1 Å². The van der Waals surface area contributed by atoms with Gasteiger partial charge in [-0.3, -0.25) is 15.0 Å². The molecule has 0 fully saturated rings. The summed E-state index contributed by atoms with van der Waals surface area (Å²) >= 11 is 0. The SMILES string of the molecule is CN=C(NCCc1ccccn1)NCCc1cccc2cccnc12.I. The molecule has 0 saturated heterocycles. The zero-order chi connectivity index (χ0) is 17.3. The summed E-state index contributed by atoms with van der Waals surface area (Å²) in [6, 6.07) is 16.3. The molecule has 136 valence electrons. The first-order chi connectivity index (χ1) is 12.4. The summed E-state index contributed by atoms with van der Waals surface area (Å²) in [4.78, 5) is 13.1. The quantitative estimate of drug-likeness (QED) is 0.336. The molecular weight excluding hydrogens is 437 g/mol. The van der Waals surface area contributed by atoms with E-state index in [1.165, 1.54) is 10.9 Å². The van der Waals surface area contributed by atoms with Gasteiger partial charge in [0.25, 0.3) is 0 Å². The molecule has 0 spiro atoms. The minimum atomic E-state index is 0. The van der Waals surface area contributed by atoms with E-state index in [9.17, 15) is 0 Å². The molecule has 0 amide bonds. The fourth-order valence-corrected chi connectivity index (χ4v) is 2.76. The van der Waals surface area contributed by atoms with Crippen molar-refractivity contribution in [3.05, 3.63) is 72.2 Å². The highest BCUT2D eigenvalue weighted by Crippen LogP contribution is 2.15. The van der Waals surface area contributed by atoms with Crippen LogP contribution in [0.3, 0.4) is 0 Å². The Hall–Kier alpha value is -2.22. The second-order valence-electron chi connectivity index (χ2n) is 5.74. The smallest absolute Gasteiger partial charge is 0.190 e. The number of aliphatic imine (C=N–C) groups is 1. The van der Waals surface area contributed by atoms with E-state index in [0.29, 0.717) is 0 Å². The maximum atomic E-state index is 4.50. The lowest BCUT2D eigenvalue weighted by atomic mass is 10.1. The van der Waals surface area contributed by atoms with Crippen molar-refractivity contribution < 1.29 is 0 Å². The van der Waals surface area contributed by atoms with Crippen LogP contribution >= 0.6 is 24.0 Å². The minimum absolute atomic E-state index is 0. The first kappa shape index (κ1) is 20.1. The van der Waals surface area contributed by atoms with E-state index in [2.05, 4.69) is 49.9 Å². The van der Waals surface area contributed by atoms with Crippen LogP contribution in [0.4, 0.5) is 0 Å². The summed E-state index contributed by atoms with van der Waals surface area (Å²) in [6.07, 6.45) is 5.43. The molecule has 0 atom stereocenters. The van der Waals surface area contributed by atoms with Gasteiger partial charge in [-0.1, -0.05) is 30.3 Å². The molecule has 26 heavy (non-hydrogen) atoms. The van der Waals surface area contributed by atoms with E-state index in [1.807, 2.05) is 36.7 Å². The molecule has 0 radical (unpaired) electrons. The second-order valence-corrected chi connectivity index (χ2v) is 5.74. The monoisotopic (exact) mass is 461 g/mol. The first-order valence-electron chi connectivity index (χ1n) is 8.54. The van der Waals surface area contributed by atoms with Crippen molar-refractivity contribution in [2.45, 2.75) is 12.8 Å². The number of para-hydroxylation sites is 1. The average Bonchev–Trinajstić information content (AvgIpc) is 2.68. The highest BCUT2D eigenvalue weighted by Gasteiger charge is 2.03. The molecule has 0 saturated carbocycles. The van der Waals surface area contributed by atoms with Crippen molar-refractivity contribution in [1.82, 2.24) is 20.6 Å². The van der Waals surface area contributed by atoms with Gasteiger partial charge in [0.15, 0.2) is 5.96 Å². The van der Waals surface area contributed by atoms with Gasteiger partial charge in [0.2, 0.25) is 0 Å². The predicted octanol–water partition coefficient (Wildman–Crippen LogP) is 3.20. The maximum Gasteiger partial charge on any atom is 0.190 e. The molecule has 0 unspecified atom stereocenters. The minimum Gasteiger partial charge on any atom is -0.356 e. The van der Waals surface area contributed by atoms with E-state index in [1.54, 1.807) is 7.05 Å². The summed E-state index contributed by atoms with van der Waals surface area (Å²) in [7, 11) is 1.79. The molecule has 6 heteroatoms. The van der Waals surface area contributed by atoms with Gasteiger partial charge in [-0.05, 0) is 30.2 Å². The maximum absolute atomic E-state index is 4.50. The molecule has 0 aliphatic carbocycles. The molecule has 3 aromatic rings. The predicted molar refractivity (Wildman–Crippen MR) is 118 cm³/mol. The highest BCUT2D eigenvalue weighted by molar-refractivity contribution is 14.0. The van der Waals surface area contributed by atoms with Crippen LogP contribution in [-0.2, 0) is 12.8 Å². The van der Waals surface area contributed by atoms with E-state index in [-0.39, 0.29) is 24.0 Å². The third-order valence-corrected chi connectivity index (χ3v) is 4.03. The summed E-state index contributed by atoms with van der Waals surface area (Å²) in [5.74, 6) is 0.809. The Morgan fingerprint density at radius 3 is 2.42 bits per heavy atom. The Labute approximate surface area is 171 Å². The fourth-order valence-electron chi connectivity index (χ4n) is 2.76. The number of hydrogen-bond acceptors (Lipinski definition) is 3. The van der Waals surface area contributed by atoms with Gasteiger partial charge in [-0.25, -0.2) is 0 Å². The lowest BCUT2D eigenvalue weighted by molar-refractivity contribution is 0.777. The zero-order valence-electron chi connectivity index (χ0n) is 14.9. The van der Waals surface area contributed by atoms with Crippen molar-refractivity contribution in [3.8, 4) is 0 Å². The molecule has 0 aliphatic rings. The van der Waals surface area contributed by atoms with Gasteiger partial charge >= 0.3 is 0 Å². The van der Waals surface area contributed by atoms with E-state index >= 15 is 0 Å². The number of nitrogens with zero attached hydrogens (tertiary/aromatic N) is 3. The zero-order valence-corrected chi connectivity index (χ0v) is 17.2. The van der Waals surface area contributed by atoms with Crippen molar-refractivity contribution >= 4 is 40.8 Å². The van der Waals surface area contributed by atoms with Gasteiger partial charge in [0.05, 0.1) is 5.52 Å². The van der Waals surface area contributed by atoms with Crippen molar-refractivity contribution in [2.24, 2.45) is 4.99 Å². The summed E-state index contributed by atoms with van der Waals surface area (Å²) < 4.78 is 0. The van der Waals surface area contributed by atoms with Crippen LogP contribution in [0.2, 0.25) is 0 Å². The molecular formula is C20H24IN5. The first-order valence-corrected chi connectivity index (χ1v) is 8.54. The van der Waals surface area contributed by atoms with Gasteiger partial charge in [0.1, 0.15) is 0 Å². The molecule has 3 rings (SSSR count). The number of halogens is 1.